The molecule has 1 aromatic heterocycles. The van der Waals surface area contributed by atoms with Crippen molar-refractivity contribution in [1.82, 2.24) is 14.2 Å². The van der Waals surface area contributed by atoms with E-state index in [-0.39, 0.29) is 23.4 Å². The second-order valence-electron chi connectivity index (χ2n) is 7.53. The summed E-state index contributed by atoms with van der Waals surface area (Å²) in [5.74, 6) is -0.677. The van der Waals surface area contributed by atoms with E-state index in [0.717, 1.165) is 10.6 Å². The van der Waals surface area contributed by atoms with Gasteiger partial charge in [0.15, 0.2) is 5.13 Å². The van der Waals surface area contributed by atoms with Crippen LogP contribution in [-0.4, -0.2) is 61.4 Å². The Labute approximate surface area is 185 Å². The molecule has 166 valence electrons. The summed E-state index contributed by atoms with van der Waals surface area (Å²) < 4.78 is 32.0. The number of carbonyl (C=O) groups is 2. The largest absolute Gasteiger partial charge is 0.453 e. The van der Waals surface area contributed by atoms with Gasteiger partial charge in [0.25, 0.3) is 0 Å². The van der Waals surface area contributed by atoms with Crippen LogP contribution in [-0.2, 0) is 32.5 Å². The average Bonchev–Trinajstić information content (AvgIpc) is 3.20. The third-order valence-electron chi connectivity index (χ3n) is 5.53. The molecule has 2 aliphatic rings. The highest BCUT2D eigenvalue weighted by atomic mass is 32.2. The van der Waals surface area contributed by atoms with E-state index in [2.05, 4.69) is 10.3 Å². The van der Waals surface area contributed by atoms with Crippen LogP contribution in [0.1, 0.15) is 23.4 Å². The first-order valence-electron chi connectivity index (χ1n) is 10.1. The minimum Gasteiger partial charge on any atom is -0.453 e. The zero-order chi connectivity index (χ0) is 22.0. The number of nitrogens with zero attached hydrogens (tertiary/aromatic N) is 3. The molecule has 3 heterocycles. The van der Waals surface area contributed by atoms with Crippen LogP contribution in [0.3, 0.4) is 0 Å². The van der Waals surface area contributed by atoms with E-state index in [0.29, 0.717) is 44.0 Å². The number of hydrogen-bond donors (Lipinski definition) is 1. The van der Waals surface area contributed by atoms with Gasteiger partial charge >= 0.3 is 6.09 Å². The monoisotopic (exact) mass is 464 g/mol. The van der Waals surface area contributed by atoms with Crippen molar-refractivity contribution in [2.24, 2.45) is 5.92 Å². The van der Waals surface area contributed by atoms with Crippen molar-refractivity contribution in [1.29, 1.82) is 0 Å². The minimum absolute atomic E-state index is 0.143. The quantitative estimate of drug-likeness (QED) is 0.744. The summed E-state index contributed by atoms with van der Waals surface area (Å²) in [7, 11) is -2.28. The molecule has 0 aliphatic carbocycles. The lowest BCUT2D eigenvalue weighted by atomic mass is 9.99. The van der Waals surface area contributed by atoms with E-state index in [4.69, 9.17) is 4.74 Å². The number of thiazole rings is 1. The number of ether oxygens (including phenoxy) is 1. The summed E-state index contributed by atoms with van der Waals surface area (Å²) >= 11 is 1.34. The van der Waals surface area contributed by atoms with Gasteiger partial charge in [-0.25, -0.2) is 18.2 Å². The number of piperidine rings is 1. The van der Waals surface area contributed by atoms with Gasteiger partial charge in [-0.05, 0) is 25.0 Å². The van der Waals surface area contributed by atoms with Crippen molar-refractivity contribution in [3.8, 4) is 0 Å². The van der Waals surface area contributed by atoms with Crippen LogP contribution < -0.4 is 5.32 Å². The Hall–Kier alpha value is -2.50. The number of amides is 2. The minimum atomic E-state index is -3.63. The van der Waals surface area contributed by atoms with E-state index in [1.165, 1.54) is 22.8 Å². The Morgan fingerprint density at radius 3 is 2.74 bits per heavy atom. The summed E-state index contributed by atoms with van der Waals surface area (Å²) in [4.78, 5) is 31.9. The standard InChI is InChI=1S/C20H24N4O5S2/c1-29-20(26)23-11-9-16-17(13-23)30-19(21-16)22-18(25)14-6-5-10-24(12-14)31(27,28)15-7-3-2-4-8-15/h2-4,7-8,14H,5-6,9-13H2,1H3,(H,21,22,25). The molecule has 1 atom stereocenters. The maximum Gasteiger partial charge on any atom is 0.409 e. The lowest BCUT2D eigenvalue weighted by Gasteiger charge is -2.31. The average molecular weight is 465 g/mol. The van der Waals surface area contributed by atoms with E-state index >= 15 is 0 Å². The van der Waals surface area contributed by atoms with Crippen molar-refractivity contribution in [2.75, 3.05) is 32.1 Å². The Morgan fingerprint density at radius 1 is 1.23 bits per heavy atom. The van der Waals surface area contributed by atoms with E-state index in [1.54, 1.807) is 35.2 Å². The van der Waals surface area contributed by atoms with Crippen LogP contribution >= 0.6 is 11.3 Å². The number of aromatic nitrogens is 1. The molecule has 1 aromatic carbocycles. The number of nitrogens with one attached hydrogen (secondary N) is 1. The fourth-order valence-corrected chi connectivity index (χ4v) is 6.43. The fourth-order valence-electron chi connectivity index (χ4n) is 3.86. The maximum atomic E-state index is 12.9. The van der Waals surface area contributed by atoms with Crippen LogP contribution in [0, 0.1) is 5.92 Å². The van der Waals surface area contributed by atoms with E-state index in [9.17, 15) is 18.0 Å². The molecule has 4 rings (SSSR count). The Kier molecular flexibility index (Phi) is 6.26. The first-order valence-corrected chi connectivity index (χ1v) is 12.3. The van der Waals surface area contributed by atoms with Gasteiger partial charge in [0.2, 0.25) is 15.9 Å². The SMILES string of the molecule is COC(=O)N1CCc2nc(NC(=O)C3CCCN(S(=O)(=O)c4ccccc4)C3)sc2C1. The molecular weight excluding hydrogens is 440 g/mol. The van der Waals surface area contributed by atoms with Gasteiger partial charge in [-0.1, -0.05) is 29.5 Å². The van der Waals surface area contributed by atoms with Crippen molar-refractivity contribution in [2.45, 2.75) is 30.7 Å². The van der Waals surface area contributed by atoms with Crippen molar-refractivity contribution in [3.05, 3.63) is 40.9 Å². The summed E-state index contributed by atoms with van der Waals surface area (Å²) in [6.07, 6.45) is 1.45. The Morgan fingerprint density at radius 2 is 2.00 bits per heavy atom. The Balaban J connectivity index is 1.42. The van der Waals surface area contributed by atoms with E-state index < -0.39 is 15.9 Å². The molecule has 0 radical (unpaired) electrons. The number of fused-ring (bicyclic) bond motifs is 1. The topological polar surface area (TPSA) is 109 Å². The fraction of sp³-hybridized carbons (Fsp3) is 0.450. The summed E-state index contributed by atoms with van der Waals surface area (Å²) in [5.41, 5.74) is 0.873. The molecule has 1 fully saturated rings. The predicted molar refractivity (Wildman–Crippen MR) is 115 cm³/mol. The summed E-state index contributed by atoms with van der Waals surface area (Å²) in [6, 6.07) is 8.27. The summed E-state index contributed by atoms with van der Waals surface area (Å²) in [5, 5.41) is 3.33. The molecule has 2 aliphatic heterocycles. The number of sulfonamides is 1. The zero-order valence-corrected chi connectivity index (χ0v) is 18.7. The molecule has 0 spiro atoms. The highest BCUT2D eigenvalue weighted by Gasteiger charge is 2.34. The molecule has 1 saturated heterocycles. The Bertz CT molecular complexity index is 1070. The normalized spacial score (nSPS) is 19.5. The van der Waals surface area contributed by atoms with Gasteiger partial charge in [0.1, 0.15) is 0 Å². The summed E-state index contributed by atoms with van der Waals surface area (Å²) in [6.45, 7) is 1.47. The van der Waals surface area contributed by atoms with Crippen LogP contribution in [0.5, 0.6) is 0 Å². The number of carbonyl (C=O) groups excluding carboxylic acids is 2. The number of benzene rings is 1. The van der Waals surface area contributed by atoms with Gasteiger partial charge in [0.05, 0.1) is 30.2 Å². The molecule has 2 aromatic rings. The first-order chi connectivity index (χ1) is 14.9. The lowest BCUT2D eigenvalue weighted by molar-refractivity contribution is -0.120. The molecule has 9 nitrogen and oxygen atoms in total. The third-order valence-corrected chi connectivity index (χ3v) is 8.41. The lowest BCUT2D eigenvalue weighted by Crippen LogP contribution is -2.43. The molecule has 1 unspecified atom stereocenters. The van der Waals surface area contributed by atoms with Crippen LogP contribution in [0.25, 0.3) is 0 Å². The molecule has 31 heavy (non-hydrogen) atoms. The second-order valence-corrected chi connectivity index (χ2v) is 10.6. The third kappa shape index (κ3) is 4.58. The van der Waals surface area contributed by atoms with Gasteiger partial charge in [-0.15, -0.1) is 0 Å². The number of hydrogen-bond acceptors (Lipinski definition) is 7. The number of rotatable bonds is 4. The van der Waals surface area contributed by atoms with Crippen LogP contribution in [0.15, 0.2) is 35.2 Å². The van der Waals surface area contributed by atoms with Gasteiger partial charge in [0, 0.05) is 30.9 Å². The maximum absolute atomic E-state index is 12.9. The highest BCUT2D eigenvalue weighted by Crippen LogP contribution is 2.30. The van der Waals surface area contributed by atoms with E-state index in [1.807, 2.05) is 0 Å². The van der Waals surface area contributed by atoms with Gasteiger partial charge in [-0.3, -0.25) is 4.79 Å². The van der Waals surface area contributed by atoms with Gasteiger partial charge < -0.3 is 15.0 Å². The predicted octanol–water partition coefficient (Wildman–Crippen LogP) is 2.31. The zero-order valence-electron chi connectivity index (χ0n) is 17.1. The van der Waals surface area contributed by atoms with Crippen LogP contribution in [0.2, 0.25) is 0 Å². The van der Waals surface area contributed by atoms with Crippen LogP contribution in [0.4, 0.5) is 9.93 Å². The molecule has 11 heteroatoms. The molecule has 0 saturated carbocycles. The second kappa shape index (κ2) is 8.93. The van der Waals surface area contributed by atoms with Crippen molar-refractivity contribution in [3.63, 3.8) is 0 Å². The number of anilines is 1. The molecule has 1 N–H and O–H groups in total. The first kappa shape index (κ1) is 21.7. The molecule has 2 amide bonds. The van der Waals surface area contributed by atoms with Crippen molar-refractivity contribution >= 4 is 38.5 Å². The molecule has 0 bridgehead atoms. The molecular formula is C20H24N4O5S2. The van der Waals surface area contributed by atoms with Gasteiger partial charge in [-0.2, -0.15) is 4.31 Å². The van der Waals surface area contributed by atoms with Crippen molar-refractivity contribution < 1.29 is 22.7 Å². The number of methoxy groups -OCH3 is 1. The highest BCUT2D eigenvalue weighted by molar-refractivity contribution is 7.89. The smallest absolute Gasteiger partial charge is 0.409 e.